The van der Waals surface area contributed by atoms with Crippen LogP contribution in [0, 0.1) is 0 Å². The summed E-state index contributed by atoms with van der Waals surface area (Å²) in [7, 11) is -3.01. The molecule has 0 amide bonds. The third kappa shape index (κ3) is 5.58. The van der Waals surface area contributed by atoms with E-state index in [4.69, 9.17) is 0 Å². The smallest absolute Gasteiger partial charge is 0.171 e. The van der Waals surface area contributed by atoms with Gasteiger partial charge in [-0.1, -0.05) is 190 Å². The molecule has 7 aromatic carbocycles. The van der Waals surface area contributed by atoms with Gasteiger partial charge in [0.15, 0.2) is 7.14 Å². The standard InChI is InChI=1S/C52H43OP/c1-4-5-8-16-41-35-47(45-22-15-24-49-51(45)50(41)46-21-13-14-23-48(46)52(49,2)3)40-28-27-38-33-37(25-26-39(38)34-40)36-29-31-44(32-30-36)54(53,42-17-9-6-10-18-42)43-19-11-7-12-20-43/h4-24,27-35H,25-26H2,1-3H3/b5-4-,16-8-. The summed E-state index contributed by atoms with van der Waals surface area (Å²) < 4.78 is 14.9. The van der Waals surface area contributed by atoms with Crippen LogP contribution >= 0.6 is 7.14 Å². The molecule has 0 aliphatic heterocycles. The van der Waals surface area contributed by atoms with E-state index in [0.29, 0.717) is 0 Å². The summed E-state index contributed by atoms with van der Waals surface area (Å²) in [5.41, 5.74) is 14.3. The van der Waals surface area contributed by atoms with E-state index >= 15 is 0 Å². The maximum atomic E-state index is 14.9. The molecule has 0 atom stereocenters. The average Bonchev–Trinajstić information content (AvgIpc) is 3.23. The van der Waals surface area contributed by atoms with E-state index in [0.717, 1.165) is 28.8 Å². The summed E-state index contributed by atoms with van der Waals surface area (Å²) in [6.45, 7) is 6.80. The molecule has 2 aliphatic carbocycles. The third-order valence-corrected chi connectivity index (χ3v) is 14.7. The minimum atomic E-state index is -3.01. The van der Waals surface area contributed by atoms with E-state index in [1.165, 1.54) is 72.0 Å². The van der Waals surface area contributed by atoms with Gasteiger partial charge in [-0.3, -0.25) is 0 Å². The van der Waals surface area contributed by atoms with Gasteiger partial charge in [-0.25, -0.2) is 0 Å². The van der Waals surface area contributed by atoms with Gasteiger partial charge in [0.1, 0.15) is 0 Å². The summed E-state index contributed by atoms with van der Waals surface area (Å²) in [6, 6.07) is 53.6. The van der Waals surface area contributed by atoms with Crippen molar-refractivity contribution in [2.24, 2.45) is 0 Å². The maximum absolute atomic E-state index is 14.9. The highest BCUT2D eigenvalue weighted by molar-refractivity contribution is 7.85. The zero-order valence-corrected chi connectivity index (χ0v) is 32.0. The van der Waals surface area contributed by atoms with E-state index in [1.807, 2.05) is 60.7 Å². The molecule has 0 fully saturated rings. The first-order valence-electron chi connectivity index (χ1n) is 19.0. The second-order valence-electron chi connectivity index (χ2n) is 15.1. The van der Waals surface area contributed by atoms with Crippen molar-refractivity contribution in [2.45, 2.75) is 39.0 Å². The molecule has 1 nitrogen and oxygen atoms in total. The van der Waals surface area contributed by atoms with Gasteiger partial charge in [-0.15, -0.1) is 0 Å². The number of benzene rings is 7. The Balaban J connectivity index is 1.11. The first-order valence-corrected chi connectivity index (χ1v) is 20.7. The zero-order chi connectivity index (χ0) is 36.9. The Morgan fingerprint density at radius 1 is 0.593 bits per heavy atom. The molecule has 54 heavy (non-hydrogen) atoms. The Bertz CT molecular complexity index is 2650. The Morgan fingerprint density at radius 2 is 1.24 bits per heavy atom. The third-order valence-electron chi connectivity index (χ3n) is 11.6. The van der Waals surface area contributed by atoms with E-state index in [2.05, 4.69) is 142 Å². The van der Waals surface area contributed by atoms with Crippen molar-refractivity contribution in [3.05, 3.63) is 203 Å². The molecule has 0 aromatic heterocycles. The summed E-state index contributed by atoms with van der Waals surface area (Å²) in [5.74, 6) is 0. The van der Waals surface area contributed by atoms with Crippen molar-refractivity contribution in [2.75, 3.05) is 0 Å². The van der Waals surface area contributed by atoms with Crippen LogP contribution in [0.25, 0.3) is 50.8 Å². The van der Waals surface area contributed by atoms with Gasteiger partial charge in [0.2, 0.25) is 0 Å². The number of hydrogen-bond donors (Lipinski definition) is 0. The van der Waals surface area contributed by atoms with Crippen molar-refractivity contribution < 1.29 is 4.57 Å². The monoisotopic (exact) mass is 714 g/mol. The maximum Gasteiger partial charge on any atom is 0.171 e. The SMILES string of the molecule is C/C=C\C=C/c1cc(-c2ccc3c(c2)CCC(c2ccc(P(=O)(c4ccccc4)c4ccccc4)cc2)=C3)c2cccc3c2c1-c1ccccc1C3(C)C. The minimum Gasteiger partial charge on any atom is -0.309 e. The molecule has 2 heteroatoms. The van der Waals surface area contributed by atoms with Crippen LogP contribution in [-0.4, -0.2) is 0 Å². The fraction of sp³-hybridized carbons (Fsp3) is 0.115. The molecule has 0 spiro atoms. The van der Waals surface area contributed by atoms with Crippen LogP contribution in [0.1, 0.15) is 60.6 Å². The first-order chi connectivity index (χ1) is 26.4. The molecule has 0 unspecified atom stereocenters. The first kappa shape index (κ1) is 34.0. The highest BCUT2D eigenvalue weighted by atomic mass is 31.2. The molecule has 262 valence electrons. The summed E-state index contributed by atoms with van der Waals surface area (Å²) in [6.07, 6.45) is 12.9. The van der Waals surface area contributed by atoms with Gasteiger partial charge in [-0.05, 0) is 97.8 Å². The van der Waals surface area contributed by atoms with Gasteiger partial charge < -0.3 is 4.57 Å². The summed E-state index contributed by atoms with van der Waals surface area (Å²) >= 11 is 0. The van der Waals surface area contributed by atoms with Crippen LogP contribution in [0.15, 0.2) is 170 Å². The van der Waals surface area contributed by atoms with Crippen LogP contribution in [0.2, 0.25) is 0 Å². The predicted molar refractivity (Wildman–Crippen MR) is 233 cm³/mol. The Labute approximate surface area is 319 Å². The van der Waals surface area contributed by atoms with Crippen LogP contribution in [0.4, 0.5) is 0 Å². The number of allylic oxidation sites excluding steroid dienone is 4. The quantitative estimate of drug-likeness (QED) is 0.119. The van der Waals surface area contributed by atoms with Gasteiger partial charge in [0, 0.05) is 21.3 Å². The normalized spacial score (nSPS) is 14.6. The number of hydrogen-bond acceptors (Lipinski definition) is 1. The molecule has 0 radical (unpaired) electrons. The molecule has 0 saturated carbocycles. The van der Waals surface area contributed by atoms with Crippen molar-refractivity contribution in [3.63, 3.8) is 0 Å². The summed E-state index contributed by atoms with van der Waals surface area (Å²) in [5, 5.41) is 5.25. The van der Waals surface area contributed by atoms with Crippen molar-refractivity contribution in [1.82, 2.24) is 0 Å². The lowest BCUT2D eigenvalue weighted by Gasteiger charge is -2.36. The fourth-order valence-corrected chi connectivity index (χ4v) is 11.5. The molecule has 0 saturated heterocycles. The zero-order valence-electron chi connectivity index (χ0n) is 31.1. The Kier molecular flexibility index (Phi) is 8.57. The molecule has 0 bridgehead atoms. The highest BCUT2D eigenvalue weighted by Gasteiger charge is 2.35. The molecule has 0 heterocycles. The number of rotatable bonds is 7. The van der Waals surface area contributed by atoms with Crippen LogP contribution < -0.4 is 15.9 Å². The second kappa shape index (κ2) is 13.6. The number of fused-ring (bicyclic) bond motifs is 3. The van der Waals surface area contributed by atoms with Crippen LogP contribution in [0.5, 0.6) is 0 Å². The second-order valence-corrected chi connectivity index (χ2v) is 17.9. The van der Waals surface area contributed by atoms with Crippen molar-refractivity contribution in [1.29, 1.82) is 0 Å². The lowest BCUT2D eigenvalue weighted by atomic mass is 9.67. The predicted octanol–water partition coefficient (Wildman–Crippen LogP) is 12.5. The van der Waals surface area contributed by atoms with Crippen molar-refractivity contribution >= 4 is 51.6 Å². The topological polar surface area (TPSA) is 17.1 Å². The molecule has 9 rings (SSSR count). The molecular formula is C52H43OP. The molecule has 2 aliphatic rings. The van der Waals surface area contributed by atoms with E-state index in [-0.39, 0.29) is 5.41 Å². The van der Waals surface area contributed by atoms with Gasteiger partial charge >= 0.3 is 0 Å². The van der Waals surface area contributed by atoms with E-state index in [9.17, 15) is 4.57 Å². The highest BCUT2D eigenvalue weighted by Crippen LogP contribution is 2.52. The molecular weight excluding hydrogens is 672 g/mol. The van der Waals surface area contributed by atoms with Crippen molar-refractivity contribution in [3.8, 4) is 22.3 Å². The minimum absolute atomic E-state index is 0.110. The summed E-state index contributed by atoms with van der Waals surface area (Å²) in [4.78, 5) is 0. The van der Waals surface area contributed by atoms with Gasteiger partial charge in [0.25, 0.3) is 0 Å². The number of aryl methyl sites for hydroxylation is 1. The lowest BCUT2D eigenvalue weighted by molar-refractivity contribution is 0.592. The molecule has 7 aromatic rings. The van der Waals surface area contributed by atoms with E-state index in [1.54, 1.807) is 0 Å². The lowest BCUT2D eigenvalue weighted by Crippen LogP contribution is -2.24. The molecule has 0 N–H and O–H groups in total. The van der Waals surface area contributed by atoms with Gasteiger partial charge in [-0.2, -0.15) is 0 Å². The van der Waals surface area contributed by atoms with Gasteiger partial charge in [0.05, 0.1) is 0 Å². The average molecular weight is 715 g/mol. The Hall–Kier alpha value is -5.75. The van der Waals surface area contributed by atoms with E-state index < -0.39 is 7.14 Å². The van der Waals surface area contributed by atoms with Crippen LogP contribution in [-0.2, 0) is 16.4 Å². The largest absolute Gasteiger partial charge is 0.309 e. The Morgan fingerprint density at radius 3 is 1.96 bits per heavy atom. The fourth-order valence-electron chi connectivity index (χ4n) is 8.83. The van der Waals surface area contributed by atoms with Crippen LogP contribution in [0.3, 0.4) is 0 Å².